The van der Waals surface area contributed by atoms with Crippen molar-refractivity contribution >= 4 is 34.9 Å². The second-order valence-corrected chi connectivity index (χ2v) is 23.6. The third-order valence-corrected chi connectivity index (χ3v) is 17.7. The molecule has 3 unspecified atom stereocenters. The molecule has 0 saturated carbocycles. The number of aromatic nitrogens is 3. The van der Waals surface area contributed by atoms with E-state index in [1.54, 1.807) is 0 Å². The number of nitrogens with one attached hydrogen (secondary N) is 1. The SMILES string of the molecule is Cc1cc(/C=C/C2CCc3cc(N(C)C)ccc3N2C)c(C)n1-c1ccccc1.Cc1ccc2c(c1)CCC(/C=C/c1cc(C)n(-c3ccccc3)c1C)N2.Cc1ccc2c(c1)CCC(CCc1cc(C)n(-c3ccccc3)c1C)N2C. The van der Waals surface area contributed by atoms with Crippen molar-refractivity contribution in [2.45, 2.75) is 125 Å². The Morgan fingerprint density at radius 2 is 0.963 bits per heavy atom. The van der Waals surface area contributed by atoms with Gasteiger partial charge in [0.2, 0.25) is 0 Å². The third kappa shape index (κ3) is 12.6. The van der Waals surface area contributed by atoms with Gasteiger partial charge in [0.1, 0.15) is 0 Å². The van der Waals surface area contributed by atoms with Crippen molar-refractivity contribution in [2.75, 3.05) is 48.2 Å². The van der Waals surface area contributed by atoms with Crippen LogP contribution in [0.3, 0.4) is 0 Å². The highest BCUT2D eigenvalue weighted by molar-refractivity contribution is 5.66. The number of nitrogens with zero attached hydrogens (tertiary/aromatic N) is 6. The van der Waals surface area contributed by atoms with E-state index < -0.39 is 0 Å². The van der Waals surface area contributed by atoms with E-state index in [-0.39, 0.29) is 0 Å². The van der Waals surface area contributed by atoms with Crippen LogP contribution >= 0.6 is 0 Å². The molecule has 0 bridgehead atoms. The summed E-state index contributed by atoms with van der Waals surface area (Å²) >= 11 is 0. The molecular weight excluding hydrogens is 999 g/mol. The second kappa shape index (κ2) is 25.3. The molecule has 1 N–H and O–H groups in total. The average Bonchev–Trinajstić information content (AvgIpc) is 4.18. The summed E-state index contributed by atoms with van der Waals surface area (Å²) in [7, 11) is 8.69. The fourth-order valence-corrected chi connectivity index (χ4v) is 13.1. The van der Waals surface area contributed by atoms with Gasteiger partial charge in [-0.1, -0.05) is 114 Å². The lowest BCUT2D eigenvalue weighted by Gasteiger charge is -2.36. The molecule has 3 atom stereocenters. The molecule has 3 aromatic heterocycles. The second-order valence-electron chi connectivity index (χ2n) is 23.6. The van der Waals surface area contributed by atoms with E-state index in [1.807, 2.05) is 0 Å². The maximum absolute atomic E-state index is 3.67. The summed E-state index contributed by atoms with van der Waals surface area (Å²) in [4.78, 5) is 7.11. The third-order valence-electron chi connectivity index (χ3n) is 17.7. The molecule has 82 heavy (non-hydrogen) atoms. The number of fused-ring (bicyclic) bond motifs is 3. The van der Waals surface area contributed by atoms with Crippen LogP contribution in [0.25, 0.3) is 29.2 Å². The van der Waals surface area contributed by atoms with Crippen LogP contribution in [-0.2, 0) is 25.7 Å². The zero-order chi connectivity index (χ0) is 57.6. The van der Waals surface area contributed by atoms with E-state index in [0.29, 0.717) is 18.1 Å². The minimum atomic E-state index is 0.394. The van der Waals surface area contributed by atoms with E-state index in [1.165, 1.54) is 138 Å². The fourth-order valence-electron chi connectivity index (χ4n) is 13.1. The van der Waals surface area contributed by atoms with Crippen LogP contribution in [0, 0.1) is 55.4 Å². The van der Waals surface area contributed by atoms with Crippen molar-refractivity contribution in [3.63, 3.8) is 0 Å². The lowest BCUT2D eigenvalue weighted by Crippen LogP contribution is -2.36. The first kappa shape index (κ1) is 57.1. The smallest absolute Gasteiger partial charge is 0.0476 e. The fraction of sp³-hybridized carbons (Fsp3) is 0.307. The maximum atomic E-state index is 3.67. The van der Waals surface area contributed by atoms with Crippen LogP contribution in [0.5, 0.6) is 0 Å². The van der Waals surface area contributed by atoms with E-state index in [2.05, 4.69) is 305 Å². The molecular formula is C75H87N7. The van der Waals surface area contributed by atoms with E-state index in [4.69, 9.17) is 0 Å². The predicted molar refractivity (Wildman–Crippen MR) is 352 cm³/mol. The Bertz CT molecular complexity index is 3680. The molecule has 6 heterocycles. The number of hydrogen-bond acceptors (Lipinski definition) is 4. The first-order valence-electron chi connectivity index (χ1n) is 29.9. The van der Waals surface area contributed by atoms with E-state index in [9.17, 15) is 0 Å². The molecule has 12 rings (SSSR count). The van der Waals surface area contributed by atoms with Gasteiger partial charge in [0.05, 0.1) is 0 Å². The number of rotatable bonds is 11. The number of anilines is 4. The van der Waals surface area contributed by atoms with Gasteiger partial charge >= 0.3 is 0 Å². The average molecular weight is 1090 g/mol. The molecule has 0 fully saturated rings. The Balaban J connectivity index is 0.000000138. The zero-order valence-corrected chi connectivity index (χ0v) is 51.0. The van der Waals surface area contributed by atoms with E-state index >= 15 is 0 Å². The molecule has 7 nitrogen and oxygen atoms in total. The van der Waals surface area contributed by atoms with E-state index in [0.717, 1.165) is 32.1 Å². The molecule has 3 aliphatic rings. The quantitative estimate of drug-likeness (QED) is 0.140. The summed E-state index contributed by atoms with van der Waals surface area (Å²) in [5.41, 5.74) is 28.1. The van der Waals surface area contributed by atoms with Crippen LogP contribution < -0.4 is 20.0 Å². The molecule has 7 heteroatoms. The Kier molecular flexibility index (Phi) is 17.6. The minimum Gasteiger partial charge on any atom is -0.379 e. The number of para-hydroxylation sites is 3. The van der Waals surface area contributed by atoms with Crippen molar-refractivity contribution < 1.29 is 0 Å². The summed E-state index contributed by atoms with van der Waals surface area (Å²) in [6.45, 7) is 17.6. The highest BCUT2D eigenvalue weighted by Crippen LogP contribution is 2.36. The Morgan fingerprint density at radius 1 is 0.476 bits per heavy atom. The zero-order valence-electron chi connectivity index (χ0n) is 51.0. The molecule has 0 amide bonds. The van der Waals surface area contributed by atoms with Gasteiger partial charge in [-0.05, 0) is 225 Å². The van der Waals surface area contributed by atoms with Gasteiger partial charge < -0.3 is 33.7 Å². The summed E-state index contributed by atoms with van der Waals surface area (Å²) in [6, 6.07) is 60.7. The van der Waals surface area contributed by atoms with Gasteiger partial charge in [-0.15, -0.1) is 0 Å². The van der Waals surface area contributed by atoms with Gasteiger partial charge in [-0.25, -0.2) is 0 Å². The van der Waals surface area contributed by atoms with Crippen LogP contribution in [0.15, 0.2) is 176 Å². The number of aryl methyl sites for hydroxylation is 9. The molecule has 422 valence electrons. The standard InChI is InChI=1S/C26H31N3.C25H30N2.C24H26N2/c1-19-17-21(20(2)29(19)24-9-7-6-8-10-24)11-13-23-14-12-22-18-25(27(3)4)15-16-26(22)28(23)5;1-18-10-15-25-22(16-18)12-14-23(26(25)4)13-11-21-17-19(2)27(20(21)3)24-8-6-5-7-9-24;1-17-9-14-24-21(15-17)11-13-22(25-24)12-10-20-16-18(2)26(19(20)3)23-7-5-4-6-8-23/h6-11,13,15-18,23H,12,14H2,1-5H3;5-10,15-17,23H,11-14H2,1-4H3;4-10,12,14-16,22,25H,11,13H2,1-3H3/b13-11+;;12-10+. The Hall–Kier alpha value is -8.16. The molecule has 0 aliphatic carbocycles. The molecule has 0 radical (unpaired) electrons. The molecule has 0 spiro atoms. The number of likely N-dealkylation sites (N-methyl/N-ethyl adjacent to an activating group) is 1. The normalized spacial score (nSPS) is 16.4. The Morgan fingerprint density at radius 3 is 1.56 bits per heavy atom. The van der Waals surface area contributed by atoms with Gasteiger partial charge in [0, 0.05) is 120 Å². The van der Waals surface area contributed by atoms with Crippen molar-refractivity contribution in [2.24, 2.45) is 0 Å². The predicted octanol–water partition coefficient (Wildman–Crippen LogP) is 17.3. The van der Waals surface area contributed by atoms with Crippen LogP contribution in [0.1, 0.15) is 104 Å². The molecule has 3 aliphatic heterocycles. The number of hydrogen-bond donors (Lipinski definition) is 1. The monoisotopic (exact) mass is 1090 g/mol. The van der Waals surface area contributed by atoms with Crippen molar-refractivity contribution in [1.29, 1.82) is 0 Å². The summed E-state index contributed by atoms with van der Waals surface area (Å²) in [5, 5.41) is 3.67. The lowest BCUT2D eigenvalue weighted by atomic mass is 9.91. The van der Waals surface area contributed by atoms with Crippen molar-refractivity contribution in [3.8, 4) is 17.1 Å². The molecule has 9 aromatic rings. The summed E-state index contributed by atoms with van der Waals surface area (Å²) < 4.78 is 7.05. The first-order chi connectivity index (χ1) is 39.6. The lowest BCUT2D eigenvalue weighted by molar-refractivity contribution is 0.520. The van der Waals surface area contributed by atoms with Gasteiger partial charge in [0.15, 0.2) is 0 Å². The van der Waals surface area contributed by atoms with Crippen LogP contribution in [-0.4, -0.2) is 60.0 Å². The number of benzene rings is 6. The first-order valence-corrected chi connectivity index (χ1v) is 29.9. The van der Waals surface area contributed by atoms with Crippen LogP contribution in [0.4, 0.5) is 22.7 Å². The highest BCUT2D eigenvalue weighted by atomic mass is 15.1. The van der Waals surface area contributed by atoms with Crippen molar-refractivity contribution in [3.05, 3.63) is 255 Å². The highest BCUT2D eigenvalue weighted by Gasteiger charge is 2.25. The van der Waals surface area contributed by atoms with Crippen molar-refractivity contribution in [1.82, 2.24) is 13.7 Å². The van der Waals surface area contributed by atoms with Gasteiger partial charge in [0.25, 0.3) is 0 Å². The minimum absolute atomic E-state index is 0.394. The maximum Gasteiger partial charge on any atom is 0.0476 e. The molecule has 0 saturated heterocycles. The van der Waals surface area contributed by atoms with Gasteiger partial charge in [-0.3, -0.25) is 0 Å². The van der Waals surface area contributed by atoms with Crippen LogP contribution in [0.2, 0.25) is 0 Å². The topological polar surface area (TPSA) is 36.5 Å². The largest absolute Gasteiger partial charge is 0.379 e. The van der Waals surface area contributed by atoms with Gasteiger partial charge in [-0.2, -0.15) is 0 Å². The summed E-state index contributed by atoms with van der Waals surface area (Å²) in [6.07, 6.45) is 18.6. The molecule has 6 aromatic carbocycles. The summed E-state index contributed by atoms with van der Waals surface area (Å²) in [5.74, 6) is 0. The Labute approximate surface area is 490 Å².